The fourth-order valence-corrected chi connectivity index (χ4v) is 13.1. The Labute approximate surface area is 548 Å². The van der Waals surface area contributed by atoms with Gasteiger partial charge in [0.05, 0.1) is 53.7 Å². The number of allylic oxidation sites excluding steroid dienone is 3. The van der Waals surface area contributed by atoms with Crippen LogP contribution in [0.1, 0.15) is 127 Å². The first-order chi connectivity index (χ1) is 42.5. The summed E-state index contributed by atoms with van der Waals surface area (Å²) in [5.74, 6) is -4.94. The van der Waals surface area contributed by atoms with Crippen molar-refractivity contribution in [1.29, 1.82) is 0 Å². The molecule has 2 aromatic carbocycles. The summed E-state index contributed by atoms with van der Waals surface area (Å²) in [6.07, 6.45) is 2.73. The molecule has 0 saturated carbocycles. The molecule has 0 aliphatic carbocycles. The van der Waals surface area contributed by atoms with Gasteiger partial charge in [-0.05, 0) is 114 Å². The smallest absolute Gasteiger partial charge is 0.409 e. The number of methoxy groups -OCH3 is 1. The number of aliphatic hydroxyl groups is 1. The second-order valence-electron chi connectivity index (χ2n) is 24.4. The number of alkyl carbamates (subject to hydrolysis) is 1. The second kappa shape index (κ2) is 32.8. The number of epoxide rings is 1. The van der Waals surface area contributed by atoms with Gasteiger partial charge in [0.25, 0.3) is 5.91 Å². The Bertz CT molecular complexity index is 3200. The number of fused-ring (bicyclic) bond motifs is 6. The lowest BCUT2D eigenvalue weighted by Crippen LogP contribution is -2.63. The number of hydrogen-bond donors (Lipinski definition) is 5. The first-order valence-electron chi connectivity index (χ1n) is 30.4. The minimum Gasteiger partial charge on any atom is -0.465 e. The number of likely N-dealkylation sites (N-methyl/N-ethyl adjacent to an activating group) is 1. The Hall–Kier alpha value is -6.31. The van der Waals surface area contributed by atoms with E-state index in [0.717, 1.165) is 16.7 Å². The van der Waals surface area contributed by atoms with E-state index in [1.165, 1.54) is 36.9 Å². The van der Waals surface area contributed by atoms with Gasteiger partial charge in [0, 0.05) is 86.2 Å². The minimum atomic E-state index is -1.89. The van der Waals surface area contributed by atoms with E-state index in [-0.39, 0.29) is 86.6 Å². The van der Waals surface area contributed by atoms with Crippen molar-refractivity contribution < 1.29 is 71.9 Å². The first kappa shape index (κ1) is 72.7. The largest absolute Gasteiger partial charge is 0.465 e. The molecule has 4 bridgehead atoms. The van der Waals surface area contributed by atoms with E-state index in [1.54, 1.807) is 57.3 Å². The maximum absolute atomic E-state index is 14.5. The number of urea groups is 1. The Morgan fingerprint density at radius 1 is 1.00 bits per heavy atom. The molecular formula is C65H86Br2ClN7O15. The standard InChI is InChI=1S/C65H86Br2ClN7O15/c1-36(2)47(31-46(76)17-12-11-13-25-87-61(82)44(34-66)35-67)58(79)72-49(18-15-24-70-62(69)83)51(77)30-45-22-20-42-29-43(21-23-48(42)71-45)59(80)74(8)40(6)60(81)89-54-32-55(78)75(9)50-28-41(27-38(4)56(50)68)26-37(3)16-14-19-53(86-10)65(85)33-52(88-63(84)73-65)39(5)57-64(54,7)90-57/h14,16,19-23,27-29,36,39-40,44,47,49,52-54,57,85H,11-13,15,17-18,24-26,30-35H2,1-10H3,(H,72,79)(H,73,84)(H3,69,70,83)/b19-14+,37-16+/t39-,40+,47+,49+,52+,53-,54+,57+,64+,65+/m1/s1. The first-order valence-corrected chi connectivity index (χ1v) is 33.0. The highest BCUT2D eigenvalue weighted by Crippen LogP contribution is 2.49. The number of esters is 2. The van der Waals surface area contributed by atoms with Crippen molar-refractivity contribution in [3.05, 3.63) is 93.7 Å². The number of hydrogen-bond acceptors (Lipinski definition) is 16. The number of halogens is 3. The number of aromatic nitrogens is 1. The maximum Gasteiger partial charge on any atom is 0.409 e. The molecule has 3 aliphatic rings. The molecule has 4 heterocycles. The van der Waals surface area contributed by atoms with E-state index in [2.05, 4.69) is 47.8 Å². The molecule has 3 aliphatic heterocycles. The number of ketones is 2. The van der Waals surface area contributed by atoms with Crippen molar-refractivity contribution in [2.75, 3.05) is 49.9 Å². The number of nitrogens with zero attached hydrogens (tertiary/aromatic N) is 3. The fourth-order valence-electron chi connectivity index (χ4n) is 11.3. The van der Waals surface area contributed by atoms with Gasteiger partial charge in [0.1, 0.15) is 35.7 Å². The summed E-state index contributed by atoms with van der Waals surface area (Å²) in [6.45, 7) is 12.8. The SMILES string of the molecule is CO[C@@H]1/C=C/C=C(\C)Cc2cc(C)c(Cl)c(c2)N(C)C(=O)C[C@H](OC(=O)[C@H](C)N(C)C(=O)c2ccc3nc(CC(=O)[C@H](CCCNC(N)=O)NC(=O)[C@@H](CC(=O)CCCCCOC(=O)C(CBr)CBr)C(C)C)ccc3c2)[C@]2(C)O[C@H]2[C@H](C)[C@@H]2C[C@@]1(O)NC(=O)O2. The topological polar surface area (TPSA) is 305 Å². The molecule has 0 spiro atoms. The van der Waals surface area contributed by atoms with Crippen LogP contribution in [0.25, 0.3) is 10.9 Å². The number of benzene rings is 2. The number of primary amides is 1. The quantitative estimate of drug-likeness (QED) is 0.0165. The lowest BCUT2D eigenvalue weighted by molar-refractivity contribution is -0.158. The third-order valence-corrected chi connectivity index (χ3v) is 19.2. The molecule has 2 saturated heterocycles. The van der Waals surface area contributed by atoms with Crippen LogP contribution in [-0.4, -0.2) is 161 Å². The zero-order valence-electron chi connectivity index (χ0n) is 52.9. The van der Waals surface area contributed by atoms with E-state index >= 15 is 0 Å². The number of carbonyl (C=O) groups is 9. The molecule has 2 fully saturated rings. The minimum absolute atomic E-state index is 0.0273. The van der Waals surface area contributed by atoms with Gasteiger partial charge in [-0.2, -0.15) is 0 Å². The summed E-state index contributed by atoms with van der Waals surface area (Å²) in [5, 5.41) is 21.7. The maximum atomic E-state index is 14.5. The van der Waals surface area contributed by atoms with E-state index in [0.29, 0.717) is 70.1 Å². The number of nitrogens with two attached hydrogens (primary N) is 1. The van der Waals surface area contributed by atoms with Gasteiger partial charge in [-0.25, -0.2) is 14.4 Å². The number of amides is 6. The van der Waals surface area contributed by atoms with Gasteiger partial charge in [-0.1, -0.05) is 100 Å². The van der Waals surface area contributed by atoms with Crippen LogP contribution in [0.15, 0.2) is 66.3 Å². The van der Waals surface area contributed by atoms with Crippen LogP contribution in [0.3, 0.4) is 0 Å². The van der Waals surface area contributed by atoms with E-state index in [1.807, 2.05) is 45.9 Å². The van der Waals surface area contributed by atoms with Gasteiger partial charge < -0.3 is 55.0 Å². The van der Waals surface area contributed by atoms with Crippen molar-refractivity contribution in [3.8, 4) is 0 Å². The third-order valence-electron chi connectivity index (χ3n) is 17.1. The van der Waals surface area contributed by atoms with Crippen LogP contribution in [-0.2, 0) is 65.3 Å². The van der Waals surface area contributed by atoms with Crippen molar-refractivity contribution >= 4 is 113 Å². The van der Waals surface area contributed by atoms with Crippen molar-refractivity contribution in [2.24, 2.45) is 29.4 Å². The Morgan fingerprint density at radius 3 is 2.40 bits per heavy atom. The van der Waals surface area contributed by atoms with E-state index < -0.39 is 95.5 Å². The van der Waals surface area contributed by atoms with Crippen LogP contribution < -0.4 is 26.6 Å². The molecule has 3 aromatic rings. The van der Waals surface area contributed by atoms with Crippen molar-refractivity contribution in [3.63, 3.8) is 0 Å². The molecule has 6 amide bonds. The van der Waals surface area contributed by atoms with Gasteiger partial charge >= 0.3 is 24.1 Å². The lowest BCUT2D eigenvalue weighted by Gasteiger charge is -2.42. The lowest BCUT2D eigenvalue weighted by atomic mass is 9.83. The average molecular weight is 1400 g/mol. The van der Waals surface area contributed by atoms with E-state index in [4.69, 9.17) is 46.0 Å². The predicted octanol–water partition coefficient (Wildman–Crippen LogP) is 8.46. The number of alkyl halides is 2. The second-order valence-corrected chi connectivity index (χ2v) is 26.0. The van der Waals surface area contributed by atoms with Gasteiger partial charge in [0.15, 0.2) is 11.5 Å². The highest BCUT2D eigenvalue weighted by atomic mass is 79.9. The third kappa shape index (κ3) is 19.1. The molecule has 25 heteroatoms. The number of unbranched alkanes of at least 4 members (excludes halogenated alkanes) is 2. The molecule has 6 N–H and O–H groups in total. The predicted molar refractivity (Wildman–Crippen MR) is 346 cm³/mol. The zero-order valence-corrected chi connectivity index (χ0v) is 56.8. The zero-order chi connectivity index (χ0) is 66.4. The van der Waals surface area contributed by atoms with E-state index in [9.17, 15) is 48.3 Å². The number of anilines is 1. The highest BCUT2D eigenvalue weighted by Gasteiger charge is 2.64. The number of nitrogens with one attached hydrogen (secondary N) is 3. The number of carbonyl (C=O) groups excluding carboxylic acids is 9. The van der Waals surface area contributed by atoms with Crippen LogP contribution in [0, 0.1) is 30.6 Å². The molecule has 0 unspecified atom stereocenters. The van der Waals surface area contributed by atoms with Crippen LogP contribution >= 0.6 is 43.5 Å². The normalized spacial score (nSPS) is 23.8. The molecule has 10 atom stereocenters. The molecule has 0 radical (unpaired) electrons. The van der Waals surface area contributed by atoms with Crippen molar-refractivity contribution in [2.45, 2.75) is 167 Å². The number of Topliss-reactive ketones (excluding diaryl/α,β-unsaturated/α-hetero) is 2. The highest BCUT2D eigenvalue weighted by molar-refractivity contribution is 9.09. The summed E-state index contributed by atoms with van der Waals surface area (Å²) in [4.78, 5) is 128. The van der Waals surface area contributed by atoms with Crippen molar-refractivity contribution in [1.82, 2.24) is 25.8 Å². The van der Waals surface area contributed by atoms with Crippen LogP contribution in [0.5, 0.6) is 0 Å². The van der Waals surface area contributed by atoms with Gasteiger partial charge in [0.2, 0.25) is 11.8 Å². The summed E-state index contributed by atoms with van der Waals surface area (Å²) in [6, 6.07) is 8.89. The monoisotopic (exact) mass is 1400 g/mol. The number of rotatable bonds is 26. The Morgan fingerprint density at radius 2 is 1.72 bits per heavy atom. The van der Waals surface area contributed by atoms with Crippen LogP contribution in [0.4, 0.5) is 15.3 Å². The Kier molecular flexibility index (Phi) is 26.5. The average Bonchev–Trinajstić information content (AvgIpc) is 1.57. The molecule has 22 nitrogen and oxygen atoms in total. The Balaban J connectivity index is 1.15. The fraction of sp³-hybridized carbons (Fsp3) is 0.569. The number of aryl methyl sites for hydroxylation is 1. The van der Waals surface area contributed by atoms with Gasteiger partial charge in [-0.3, -0.25) is 39.1 Å². The molecule has 1 aromatic heterocycles. The summed E-state index contributed by atoms with van der Waals surface area (Å²) in [7, 11) is 4.44. The van der Waals surface area contributed by atoms with Gasteiger partial charge in [-0.15, -0.1) is 0 Å². The molecule has 492 valence electrons. The molecule has 90 heavy (non-hydrogen) atoms. The summed E-state index contributed by atoms with van der Waals surface area (Å²) >= 11 is 13.5. The summed E-state index contributed by atoms with van der Waals surface area (Å²) in [5.41, 5.74) is 6.04. The number of pyridine rings is 1. The summed E-state index contributed by atoms with van der Waals surface area (Å²) < 4.78 is 29.4. The molecular weight excluding hydrogens is 1310 g/mol. The molecule has 6 rings (SSSR count). The number of ether oxygens (including phenoxy) is 5. The van der Waals surface area contributed by atoms with Crippen LogP contribution in [0.2, 0.25) is 5.02 Å².